The lowest BCUT2D eigenvalue weighted by Crippen LogP contribution is -2.44. The van der Waals surface area contributed by atoms with Gasteiger partial charge in [0.05, 0.1) is 4.90 Å². The van der Waals surface area contributed by atoms with Crippen LogP contribution in [-0.2, 0) is 10.0 Å². The van der Waals surface area contributed by atoms with Gasteiger partial charge in [-0.05, 0) is 49.6 Å². The molecule has 0 bridgehead atoms. The minimum Gasteiger partial charge on any atom is -0.371 e. The zero-order valence-electron chi connectivity index (χ0n) is 13.3. The molecule has 0 aromatic heterocycles. The predicted octanol–water partition coefficient (Wildman–Crippen LogP) is 2.94. The highest BCUT2D eigenvalue weighted by Crippen LogP contribution is 2.21. The van der Waals surface area contributed by atoms with Crippen LogP contribution < -0.4 is 9.62 Å². The van der Waals surface area contributed by atoms with Gasteiger partial charge in [0.15, 0.2) is 0 Å². The van der Waals surface area contributed by atoms with Gasteiger partial charge < -0.3 is 4.90 Å². The van der Waals surface area contributed by atoms with E-state index in [0.717, 1.165) is 31.5 Å². The number of para-hydroxylation sites is 1. The van der Waals surface area contributed by atoms with E-state index in [0.29, 0.717) is 4.90 Å². The summed E-state index contributed by atoms with van der Waals surface area (Å²) >= 11 is 0. The molecule has 23 heavy (non-hydrogen) atoms. The van der Waals surface area contributed by atoms with E-state index in [-0.39, 0.29) is 6.04 Å². The first-order chi connectivity index (χ1) is 11.0. The van der Waals surface area contributed by atoms with Crippen molar-refractivity contribution < 1.29 is 8.42 Å². The van der Waals surface area contributed by atoms with Crippen molar-refractivity contribution >= 4 is 15.7 Å². The van der Waals surface area contributed by atoms with E-state index in [4.69, 9.17) is 0 Å². The van der Waals surface area contributed by atoms with Crippen molar-refractivity contribution in [2.75, 3.05) is 18.0 Å². The number of aryl methyl sites for hydroxylation is 1. The van der Waals surface area contributed by atoms with Crippen LogP contribution in [0.2, 0.25) is 0 Å². The molecule has 0 unspecified atom stereocenters. The van der Waals surface area contributed by atoms with Crippen LogP contribution in [0.1, 0.15) is 18.4 Å². The van der Waals surface area contributed by atoms with E-state index in [1.54, 1.807) is 18.2 Å². The Morgan fingerprint density at radius 2 is 1.70 bits per heavy atom. The van der Waals surface area contributed by atoms with Crippen molar-refractivity contribution in [2.45, 2.75) is 30.7 Å². The molecule has 1 fully saturated rings. The Morgan fingerprint density at radius 3 is 2.35 bits per heavy atom. The van der Waals surface area contributed by atoms with E-state index in [1.807, 2.05) is 31.2 Å². The number of anilines is 1. The number of nitrogens with one attached hydrogen (secondary N) is 1. The Kier molecular flexibility index (Phi) is 4.68. The molecule has 5 heteroatoms. The quantitative estimate of drug-likeness (QED) is 0.938. The number of hydrogen-bond acceptors (Lipinski definition) is 3. The first-order valence-corrected chi connectivity index (χ1v) is 9.42. The lowest BCUT2D eigenvalue weighted by atomic mass is 10.1. The summed E-state index contributed by atoms with van der Waals surface area (Å²) in [5, 5.41) is 0. The highest BCUT2D eigenvalue weighted by molar-refractivity contribution is 7.89. The number of nitrogens with zero attached hydrogens (tertiary/aromatic N) is 1. The minimum absolute atomic E-state index is 0.000439. The van der Waals surface area contributed by atoms with Gasteiger partial charge in [-0.25, -0.2) is 13.1 Å². The van der Waals surface area contributed by atoms with Crippen LogP contribution in [-0.4, -0.2) is 27.5 Å². The molecule has 1 aliphatic heterocycles. The standard InChI is InChI=1S/C18H22N2O2S/c1-15-6-5-9-18(14-15)23(21,22)19-16-10-12-20(13-11-16)17-7-3-2-4-8-17/h2-9,14,16,19H,10-13H2,1H3. The predicted molar refractivity (Wildman–Crippen MR) is 93.2 cm³/mol. The summed E-state index contributed by atoms with van der Waals surface area (Å²) < 4.78 is 27.8. The third kappa shape index (κ3) is 3.92. The SMILES string of the molecule is Cc1cccc(S(=O)(=O)NC2CCN(c3ccccc3)CC2)c1. The molecule has 1 aliphatic rings. The van der Waals surface area contributed by atoms with Gasteiger partial charge in [-0.15, -0.1) is 0 Å². The molecule has 0 radical (unpaired) electrons. The largest absolute Gasteiger partial charge is 0.371 e. The van der Waals surface area contributed by atoms with Crippen molar-refractivity contribution in [3.8, 4) is 0 Å². The van der Waals surface area contributed by atoms with E-state index in [9.17, 15) is 8.42 Å². The molecule has 3 rings (SSSR count). The molecule has 1 heterocycles. The van der Waals surface area contributed by atoms with Crippen molar-refractivity contribution in [3.63, 3.8) is 0 Å². The van der Waals surface area contributed by atoms with Crippen LogP contribution in [0, 0.1) is 6.92 Å². The van der Waals surface area contributed by atoms with Crippen molar-refractivity contribution in [1.82, 2.24) is 4.72 Å². The maximum absolute atomic E-state index is 12.5. The average Bonchev–Trinajstić information content (AvgIpc) is 2.56. The van der Waals surface area contributed by atoms with Gasteiger partial charge in [-0.2, -0.15) is 0 Å². The fourth-order valence-corrected chi connectivity index (χ4v) is 4.37. The van der Waals surface area contributed by atoms with Gasteiger partial charge >= 0.3 is 0 Å². The molecule has 122 valence electrons. The van der Waals surface area contributed by atoms with Crippen molar-refractivity contribution in [1.29, 1.82) is 0 Å². The minimum atomic E-state index is -3.43. The summed E-state index contributed by atoms with van der Waals surface area (Å²) in [5.41, 5.74) is 2.15. The van der Waals surface area contributed by atoms with Gasteiger partial charge in [-0.1, -0.05) is 30.3 Å². The monoisotopic (exact) mass is 330 g/mol. The Bertz CT molecular complexity index is 752. The molecule has 1 saturated heterocycles. The summed E-state index contributed by atoms with van der Waals surface area (Å²) in [5.74, 6) is 0. The molecule has 2 aromatic rings. The molecule has 0 saturated carbocycles. The van der Waals surface area contributed by atoms with E-state index in [2.05, 4.69) is 21.8 Å². The van der Waals surface area contributed by atoms with Crippen molar-refractivity contribution in [2.24, 2.45) is 0 Å². The van der Waals surface area contributed by atoms with Crippen LogP contribution in [0.4, 0.5) is 5.69 Å². The molecular weight excluding hydrogens is 308 g/mol. The summed E-state index contributed by atoms with van der Waals surface area (Å²) in [6.07, 6.45) is 1.64. The molecule has 2 aromatic carbocycles. The van der Waals surface area contributed by atoms with E-state index < -0.39 is 10.0 Å². The van der Waals surface area contributed by atoms with Crippen LogP contribution in [0.15, 0.2) is 59.5 Å². The summed E-state index contributed by atoms with van der Waals surface area (Å²) in [7, 11) is -3.43. The summed E-state index contributed by atoms with van der Waals surface area (Å²) in [4.78, 5) is 2.65. The maximum Gasteiger partial charge on any atom is 0.240 e. The Morgan fingerprint density at radius 1 is 1.00 bits per heavy atom. The fourth-order valence-electron chi connectivity index (χ4n) is 2.96. The fraction of sp³-hybridized carbons (Fsp3) is 0.333. The van der Waals surface area contributed by atoms with Gasteiger partial charge in [-0.3, -0.25) is 0 Å². The smallest absolute Gasteiger partial charge is 0.240 e. The topological polar surface area (TPSA) is 49.4 Å². The molecule has 4 nitrogen and oxygen atoms in total. The van der Waals surface area contributed by atoms with Crippen LogP contribution >= 0.6 is 0 Å². The third-order valence-electron chi connectivity index (χ3n) is 4.24. The van der Waals surface area contributed by atoms with Gasteiger partial charge in [0.1, 0.15) is 0 Å². The summed E-state index contributed by atoms with van der Waals surface area (Å²) in [6.45, 7) is 3.63. The molecular formula is C18H22N2O2S. The number of sulfonamides is 1. The van der Waals surface area contributed by atoms with Gasteiger partial charge in [0.2, 0.25) is 10.0 Å². The zero-order valence-corrected chi connectivity index (χ0v) is 14.1. The van der Waals surface area contributed by atoms with Gasteiger partial charge in [0.25, 0.3) is 0 Å². The second-order valence-corrected chi connectivity index (χ2v) is 7.75. The Labute approximate surface area is 138 Å². The molecule has 0 aliphatic carbocycles. The van der Waals surface area contributed by atoms with Crippen molar-refractivity contribution in [3.05, 3.63) is 60.2 Å². The van der Waals surface area contributed by atoms with E-state index in [1.165, 1.54) is 5.69 Å². The maximum atomic E-state index is 12.5. The van der Waals surface area contributed by atoms with Crippen LogP contribution in [0.5, 0.6) is 0 Å². The Balaban J connectivity index is 1.62. The first-order valence-electron chi connectivity index (χ1n) is 7.93. The third-order valence-corrected chi connectivity index (χ3v) is 5.76. The second kappa shape index (κ2) is 6.72. The number of benzene rings is 2. The second-order valence-electron chi connectivity index (χ2n) is 6.03. The molecule has 0 amide bonds. The number of hydrogen-bond donors (Lipinski definition) is 1. The lowest BCUT2D eigenvalue weighted by molar-refractivity contribution is 0.460. The average molecular weight is 330 g/mol. The van der Waals surface area contributed by atoms with Crippen LogP contribution in [0.25, 0.3) is 0 Å². The normalized spacial score (nSPS) is 16.5. The number of rotatable bonds is 4. The summed E-state index contributed by atoms with van der Waals surface area (Å²) in [6, 6.07) is 17.3. The lowest BCUT2D eigenvalue weighted by Gasteiger charge is -2.33. The molecule has 0 spiro atoms. The highest BCUT2D eigenvalue weighted by Gasteiger charge is 2.24. The van der Waals surface area contributed by atoms with E-state index >= 15 is 0 Å². The van der Waals surface area contributed by atoms with Crippen LogP contribution in [0.3, 0.4) is 0 Å². The van der Waals surface area contributed by atoms with Gasteiger partial charge in [0, 0.05) is 24.8 Å². The number of piperidine rings is 1. The first kappa shape index (κ1) is 16.0. The molecule has 1 N–H and O–H groups in total. The zero-order chi connectivity index (χ0) is 16.3. The highest BCUT2D eigenvalue weighted by atomic mass is 32.2. The molecule has 0 atom stereocenters. The Hall–Kier alpha value is -1.85.